The molecule has 1 amide bonds. The summed E-state index contributed by atoms with van der Waals surface area (Å²) in [5.41, 5.74) is 1.14. The van der Waals surface area contributed by atoms with Gasteiger partial charge in [0.25, 0.3) is 5.91 Å². The molecule has 0 bridgehead atoms. The summed E-state index contributed by atoms with van der Waals surface area (Å²) >= 11 is 1.41. The third kappa shape index (κ3) is 2.68. The summed E-state index contributed by atoms with van der Waals surface area (Å²) in [4.78, 5) is 12.8. The van der Waals surface area contributed by atoms with Gasteiger partial charge in [-0.05, 0) is 48.5 Å². The molecule has 1 aromatic rings. The van der Waals surface area contributed by atoms with Gasteiger partial charge in [0, 0.05) is 12.1 Å². The van der Waals surface area contributed by atoms with Gasteiger partial charge in [0.05, 0.1) is 0 Å². The zero-order chi connectivity index (χ0) is 13.3. The Morgan fingerprint density at radius 1 is 1.53 bits per heavy atom. The van der Waals surface area contributed by atoms with Gasteiger partial charge in [-0.2, -0.15) is 0 Å². The van der Waals surface area contributed by atoms with Crippen LogP contribution in [0.4, 0.5) is 0 Å². The number of hydrogen-bond acceptors (Lipinski definition) is 3. The number of rotatable bonds is 4. The van der Waals surface area contributed by atoms with E-state index in [1.54, 1.807) is 0 Å². The summed E-state index contributed by atoms with van der Waals surface area (Å²) in [7, 11) is 0. The van der Waals surface area contributed by atoms with Gasteiger partial charge in [0.1, 0.15) is 11.5 Å². The van der Waals surface area contributed by atoms with Gasteiger partial charge >= 0.3 is 0 Å². The molecule has 100 valence electrons. The van der Waals surface area contributed by atoms with Crippen LogP contribution in [0.1, 0.15) is 40.9 Å². The lowest BCUT2D eigenvalue weighted by Crippen LogP contribution is -2.31. The van der Waals surface area contributed by atoms with E-state index >= 15 is 0 Å². The summed E-state index contributed by atoms with van der Waals surface area (Å²) in [6, 6.07) is 1.83. The van der Waals surface area contributed by atoms with Crippen molar-refractivity contribution in [3.63, 3.8) is 0 Å². The van der Waals surface area contributed by atoms with E-state index in [0.717, 1.165) is 12.5 Å². The van der Waals surface area contributed by atoms with Crippen LogP contribution >= 0.6 is 11.3 Å². The minimum atomic E-state index is -0.179. The molecule has 1 heterocycles. The Morgan fingerprint density at radius 2 is 2.32 bits per heavy atom. The normalized spacial score (nSPS) is 19.4. The highest BCUT2D eigenvalue weighted by Gasteiger charge is 2.53. The maximum absolute atomic E-state index is 12.2. The molecule has 3 rings (SSSR count). The van der Waals surface area contributed by atoms with Gasteiger partial charge in [-0.15, -0.1) is 11.3 Å². The van der Waals surface area contributed by atoms with Crippen LogP contribution in [-0.4, -0.2) is 24.2 Å². The Morgan fingerprint density at radius 3 is 2.95 bits per heavy atom. The fourth-order valence-corrected chi connectivity index (χ4v) is 3.41. The van der Waals surface area contributed by atoms with E-state index in [1.165, 1.54) is 37.0 Å². The lowest BCUT2D eigenvalue weighted by atomic mass is 10.0. The van der Waals surface area contributed by atoms with Crippen molar-refractivity contribution in [2.45, 2.75) is 25.7 Å². The molecule has 0 atom stereocenters. The van der Waals surface area contributed by atoms with Crippen molar-refractivity contribution in [3.8, 4) is 11.8 Å². The van der Waals surface area contributed by atoms with Crippen molar-refractivity contribution in [2.75, 3.05) is 13.2 Å². The van der Waals surface area contributed by atoms with E-state index in [1.807, 2.05) is 11.4 Å². The van der Waals surface area contributed by atoms with Crippen molar-refractivity contribution in [3.05, 3.63) is 21.9 Å². The number of aliphatic hydroxyl groups excluding tert-OH is 1. The predicted octanol–water partition coefficient (Wildman–Crippen LogP) is 2.01. The van der Waals surface area contributed by atoms with Crippen molar-refractivity contribution < 1.29 is 9.90 Å². The molecule has 19 heavy (non-hydrogen) atoms. The maximum atomic E-state index is 12.2. The minimum absolute atomic E-state index is 0.0239. The maximum Gasteiger partial charge on any atom is 0.262 e. The first-order valence-electron chi connectivity index (χ1n) is 6.71. The molecule has 2 aliphatic rings. The first kappa shape index (κ1) is 12.7. The van der Waals surface area contributed by atoms with E-state index in [-0.39, 0.29) is 12.5 Å². The molecule has 0 aliphatic heterocycles. The highest BCUT2D eigenvalue weighted by Crippen LogP contribution is 2.60. The fourth-order valence-electron chi connectivity index (χ4n) is 2.64. The third-order valence-electron chi connectivity index (χ3n) is 4.11. The minimum Gasteiger partial charge on any atom is -0.384 e. The number of aliphatic hydroxyl groups is 1. The second-order valence-electron chi connectivity index (χ2n) is 5.44. The number of nitrogens with one attached hydrogen (secondary N) is 1. The molecular formula is C15H17NO2S. The number of hydrogen-bond donors (Lipinski definition) is 2. The average Bonchev–Trinajstić information content (AvgIpc) is 3.31. The summed E-state index contributed by atoms with van der Waals surface area (Å²) < 4.78 is 0. The fraction of sp³-hybridized carbons (Fsp3) is 0.533. The number of carbonyl (C=O) groups excluding carboxylic acids is 1. The van der Waals surface area contributed by atoms with Crippen molar-refractivity contribution in [1.29, 1.82) is 0 Å². The second kappa shape index (κ2) is 4.99. The van der Waals surface area contributed by atoms with Crippen molar-refractivity contribution >= 4 is 17.2 Å². The molecule has 2 saturated carbocycles. The Hall–Kier alpha value is -1.31. The van der Waals surface area contributed by atoms with E-state index in [9.17, 15) is 4.79 Å². The van der Waals surface area contributed by atoms with Gasteiger partial charge in [0.15, 0.2) is 0 Å². The monoisotopic (exact) mass is 275 g/mol. The quantitative estimate of drug-likeness (QED) is 0.826. The topological polar surface area (TPSA) is 49.3 Å². The molecule has 0 unspecified atom stereocenters. The van der Waals surface area contributed by atoms with Gasteiger partial charge < -0.3 is 10.4 Å². The Balaban J connectivity index is 1.62. The lowest BCUT2D eigenvalue weighted by molar-refractivity contribution is 0.0946. The second-order valence-corrected chi connectivity index (χ2v) is 6.36. The molecule has 2 fully saturated rings. The predicted molar refractivity (Wildman–Crippen MR) is 75.0 cm³/mol. The Bertz CT molecular complexity index is 544. The molecule has 0 radical (unpaired) electrons. The Kier molecular flexibility index (Phi) is 3.34. The number of amides is 1. The number of carbonyl (C=O) groups is 1. The molecule has 0 aromatic carbocycles. The molecular weight excluding hydrogens is 258 g/mol. The summed E-state index contributed by atoms with van der Waals surface area (Å²) in [6.45, 7) is 0.628. The summed E-state index contributed by atoms with van der Waals surface area (Å²) in [5.74, 6) is 6.24. The van der Waals surface area contributed by atoms with Crippen LogP contribution in [0.15, 0.2) is 11.4 Å². The summed E-state index contributed by atoms with van der Waals surface area (Å²) in [6.07, 6.45) is 5.20. The SMILES string of the molecule is O=C(NCC1(C2CC2)CC1)c1sccc1C#CCO. The number of thiophene rings is 1. The molecule has 3 nitrogen and oxygen atoms in total. The summed E-state index contributed by atoms with van der Waals surface area (Å²) in [5, 5.41) is 13.6. The van der Waals surface area contributed by atoms with Crippen molar-refractivity contribution in [1.82, 2.24) is 5.32 Å². The Labute approximate surface area is 117 Å². The average molecular weight is 275 g/mol. The standard InChI is InChI=1S/C15H17NO2S/c17-8-1-2-11-5-9-19-13(11)14(18)16-10-15(6-7-15)12-3-4-12/h5,9,12,17H,3-4,6-8,10H2,(H,16,18). The van der Waals surface area contributed by atoms with Crippen LogP contribution in [0.2, 0.25) is 0 Å². The van der Waals surface area contributed by atoms with E-state index in [4.69, 9.17) is 5.11 Å². The third-order valence-corrected chi connectivity index (χ3v) is 5.02. The van der Waals surface area contributed by atoms with Crippen LogP contribution in [0.25, 0.3) is 0 Å². The van der Waals surface area contributed by atoms with E-state index in [0.29, 0.717) is 15.9 Å². The lowest BCUT2D eigenvalue weighted by Gasteiger charge is -2.14. The van der Waals surface area contributed by atoms with Crippen LogP contribution in [-0.2, 0) is 0 Å². The molecule has 0 spiro atoms. The smallest absolute Gasteiger partial charge is 0.262 e. The van der Waals surface area contributed by atoms with Crippen LogP contribution < -0.4 is 5.32 Å². The van der Waals surface area contributed by atoms with Gasteiger partial charge in [-0.25, -0.2) is 0 Å². The van der Waals surface area contributed by atoms with Crippen LogP contribution in [0.5, 0.6) is 0 Å². The molecule has 2 N–H and O–H groups in total. The molecule has 4 heteroatoms. The highest BCUT2D eigenvalue weighted by atomic mass is 32.1. The largest absolute Gasteiger partial charge is 0.384 e. The van der Waals surface area contributed by atoms with E-state index in [2.05, 4.69) is 17.2 Å². The van der Waals surface area contributed by atoms with Crippen LogP contribution in [0.3, 0.4) is 0 Å². The zero-order valence-electron chi connectivity index (χ0n) is 10.7. The molecule has 1 aromatic heterocycles. The molecule has 2 aliphatic carbocycles. The molecule has 0 saturated heterocycles. The van der Waals surface area contributed by atoms with Gasteiger partial charge in [0.2, 0.25) is 0 Å². The van der Waals surface area contributed by atoms with Crippen LogP contribution in [0, 0.1) is 23.2 Å². The van der Waals surface area contributed by atoms with Crippen molar-refractivity contribution in [2.24, 2.45) is 11.3 Å². The first-order chi connectivity index (χ1) is 9.25. The first-order valence-corrected chi connectivity index (χ1v) is 7.58. The van der Waals surface area contributed by atoms with Gasteiger partial charge in [-0.3, -0.25) is 4.79 Å². The van der Waals surface area contributed by atoms with E-state index < -0.39 is 0 Å². The van der Waals surface area contributed by atoms with Gasteiger partial charge in [-0.1, -0.05) is 11.8 Å². The highest BCUT2D eigenvalue weighted by molar-refractivity contribution is 7.12. The zero-order valence-corrected chi connectivity index (χ0v) is 11.6.